The van der Waals surface area contributed by atoms with Gasteiger partial charge in [-0.15, -0.1) is 11.3 Å². The van der Waals surface area contributed by atoms with Gasteiger partial charge < -0.3 is 5.32 Å². The summed E-state index contributed by atoms with van der Waals surface area (Å²) in [5, 5.41) is 6.87. The van der Waals surface area contributed by atoms with Crippen LogP contribution in [0.3, 0.4) is 0 Å². The molecular weight excluding hydrogens is 360 g/mol. The van der Waals surface area contributed by atoms with E-state index in [1.807, 2.05) is 30.3 Å². The number of carbonyl (C=O) groups is 2. The Morgan fingerprint density at radius 3 is 2.50 bits per heavy atom. The summed E-state index contributed by atoms with van der Waals surface area (Å²) >= 11 is 1.06. The van der Waals surface area contributed by atoms with Gasteiger partial charge >= 0.3 is 0 Å². The van der Waals surface area contributed by atoms with E-state index < -0.39 is 17.5 Å². The van der Waals surface area contributed by atoms with Gasteiger partial charge in [0.2, 0.25) is 0 Å². The molecule has 8 heteroatoms. The Kier molecular flexibility index (Phi) is 5.33. The Morgan fingerprint density at radius 2 is 1.77 bits per heavy atom. The molecule has 0 fully saturated rings. The van der Waals surface area contributed by atoms with Crippen LogP contribution in [0.25, 0.3) is 0 Å². The fourth-order valence-corrected chi connectivity index (χ4v) is 2.80. The molecule has 2 N–H and O–H groups in total. The van der Waals surface area contributed by atoms with Crippen molar-refractivity contribution >= 4 is 28.3 Å². The SMILES string of the molecule is O=C(Nc1nc(C(=O)NCc2ccccc2)cs1)c1ccc(F)c(F)c1. The van der Waals surface area contributed by atoms with E-state index in [-0.39, 0.29) is 22.3 Å². The third-order valence-electron chi connectivity index (χ3n) is 3.43. The molecule has 0 spiro atoms. The number of benzene rings is 2. The highest BCUT2D eigenvalue weighted by Crippen LogP contribution is 2.17. The Bertz CT molecular complexity index is 945. The number of thiazole rings is 1. The number of nitrogens with one attached hydrogen (secondary N) is 2. The van der Waals surface area contributed by atoms with Crippen LogP contribution in [0.1, 0.15) is 26.4 Å². The highest BCUT2D eigenvalue weighted by atomic mass is 32.1. The first-order valence-corrected chi connectivity index (χ1v) is 8.45. The van der Waals surface area contributed by atoms with Crippen LogP contribution in [-0.4, -0.2) is 16.8 Å². The smallest absolute Gasteiger partial charge is 0.271 e. The predicted octanol–water partition coefficient (Wildman–Crippen LogP) is 3.60. The predicted molar refractivity (Wildman–Crippen MR) is 94.0 cm³/mol. The molecule has 1 aromatic heterocycles. The van der Waals surface area contributed by atoms with Gasteiger partial charge in [0.25, 0.3) is 11.8 Å². The second kappa shape index (κ2) is 7.83. The number of carbonyl (C=O) groups excluding carboxylic acids is 2. The highest BCUT2D eigenvalue weighted by molar-refractivity contribution is 7.14. The van der Waals surface area contributed by atoms with E-state index in [1.54, 1.807) is 0 Å². The fraction of sp³-hybridized carbons (Fsp3) is 0.0556. The summed E-state index contributed by atoms with van der Waals surface area (Å²) < 4.78 is 26.1. The van der Waals surface area contributed by atoms with Crippen molar-refractivity contribution in [3.8, 4) is 0 Å². The topological polar surface area (TPSA) is 71.1 Å². The molecule has 1 heterocycles. The standard InChI is InChI=1S/C18H13F2N3O2S/c19-13-7-6-12(8-14(13)20)16(24)23-18-22-15(10-26-18)17(25)21-9-11-4-2-1-3-5-11/h1-8,10H,9H2,(H,21,25)(H,22,23,24). The van der Waals surface area contributed by atoms with Crippen molar-refractivity contribution in [3.63, 3.8) is 0 Å². The zero-order valence-electron chi connectivity index (χ0n) is 13.3. The summed E-state index contributed by atoms with van der Waals surface area (Å²) in [6, 6.07) is 12.2. The minimum atomic E-state index is -1.11. The van der Waals surface area contributed by atoms with Crippen molar-refractivity contribution in [1.82, 2.24) is 10.3 Å². The van der Waals surface area contributed by atoms with Gasteiger partial charge in [0.05, 0.1) is 0 Å². The van der Waals surface area contributed by atoms with E-state index in [4.69, 9.17) is 0 Å². The van der Waals surface area contributed by atoms with E-state index >= 15 is 0 Å². The fourth-order valence-electron chi connectivity index (χ4n) is 2.11. The molecule has 0 aliphatic carbocycles. The minimum Gasteiger partial charge on any atom is -0.347 e. The summed E-state index contributed by atoms with van der Waals surface area (Å²) in [5.74, 6) is -3.17. The van der Waals surface area contributed by atoms with Crippen LogP contribution in [0.5, 0.6) is 0 Å². The maximum absolute atomic E-state index is 13.2. The lowest BCUT2D eigenvalue weighted by molar-refractivity contribution is 0.0945. The van der Waals surface area contributed by atoms with Gasteiger partial charge in [0.1, 0.15) is 5.69 Å². The average molecular weight is 373 g/mol. The molecule has 3 aromatic rings. The van der Waals surface area contributed by atoms with E-state index in [2.05, 4.69) is 15.6 Å². The number of nitrogens with zero attached hydrogens (tertiary/aromatic N) is 1. The lowest BCUT2D eigenvalue weighted by Gasteiger charge is -2.03. The number of aromatic nitrogens is 1. The number of rotatable bonds is 5. The first-order valence-electron chi connectivity index (χ1n) is 7.57. The summed E-state index contributed by atoms with van der Waals surface area (Å²) in [5.41, 5.74) is 1.06. The van der Waals surface area contributed by atoms with Crippen molar-refractivity contribution in [2.75, 3.05) is 5.32 Å². The summed E-state index contributed by atoms with van der Waals surface area (Å²) in [6.45, 7) is 0.355. The van der Waals surface area contributed by atoms with E-state index in [0.29, 0.717) is 6.54 Å². The van der Waals surface area contributed by atoms with Gasteiger partial charge in [-0.3, -0.25) is 14.9 Å². The third kappa shape index (κ3) is 4.28. The molecule has 0 radical (unpaired) electrons. The summed E-state index contributed by atoms with van der Waals surface area (Å²) in [6.07, 6.45) is 0. The van der Waals surface area contributed by atoms with Gasteiger partial charge in [0, 0.05) is 17.5 Å². The molecule has 0 saturated carbocycles. The first-order chi connectivity index (χ1) is 12.5. The Hall–Kier alpha value is -3.13. The van der Waals surface area contributed by atoms with Crippen LogP contribution in [0.15, 0.2) is 53.9 Å². The van der Waals surface area contributed by atoms with Crippen LogP contribution >= 0.6 is 11.3 Å². The third-order valence-corrected chi connectivity index (χ3v) is 4.19. The van der Waals surface area contributed by atoms with Crippen molar-refractivity contribution < 1.29 is 18.4 Å². The normalized spacial score (nSPS) is 10.4. The van der Waals surface area contributed by atoms with E-state index in [0.717, 1.165) is 35.1 Å². The monoisotopic (exact) mass is 373 g/mol. The van der Waals surface area contributed by atoms with Gasteiger partial charge in [0.15, 0.2) is 16.8 Å². The number of halogens is 2. The molecule has 0 unspecified atom stereocenters. The molecule has 3 rings (SSSR count). The van der Waals surface area contributed by atoms with Crippen molar-refractivity contribution in [1.29, 1.82) is 0 Å². The van der Waals surface area contributed by atoms with Crippen LogP contribution in [0, 0.1) is 11.6 Å². The van der Waals surface area contributed by atoms with Crippen molar-refractivity contribution in [2.24, 2.45) is 0 Å². The molecule has 0 bridgehead atoms. The minimum absolute atomic E-state index is 0.0471. The van der Waals surface area contributed by atoms with Gasteiger partial charge in [-0.25, -0.2) is 13.8 Å². The summed E-state index contributed by atoms with van der Waals surface area (Å²) in [7, 11) is 0. The first kappa shape index (κ1) is 17.7. The molecular formula is C18H13F2N3O2S. The lowest BCUT2D eigenvalue weighted by Crippen LogP contribution is -2.23. The lowest BCUT2D eigenvalue weighted by atomic mass is 10.2. The quantitative estimate of drug-likeness (QED) is 0.718. The molecule has 2 amide bonds. The van der Waals surface area contributed by atoms with Crippen molar-refractivity contribution in [2.45, 2.75) is 6.54 Å². The molecule has 132 valence electrons. The molecule has 2 aromatic carbocycles. The maximum atomic E-state index is 13.2. The number of hydrogen-bond acceptors (Lipinski definition) is 4. The maximum Gasteiger partial charge on any atom is 0.271 e. The number of amides is 2. The van der Waals surface area contributed by atoms with Crippen LogP contribution in [-0.2, 0) is 6.54 Å². The Morgan fingerprint density at radius 1 is 1.00 bits per heavy atom. The second-order valence-corrected chi connectivity index (χ2v) is 6.15. The Balaban J connectivity index is 1.61. The number of hydrogen-bond donors (Lipinski definition) is 2. The van der Waals surface area contributed by atoms with E-state index in [1.165, 1.54) is 5.38 Å². The van der Waals surface area contributed by atoms with Crippen molar-refractivity contribution in [3.05, 3.63) is 82.4 Å². The van der Waals surface area contributed by atoms with Gasteiger partial charge in [-0.1, -0.05) is 30.3 Å². The zero-order valence-corrected chi connectivity index (χ0v) is 14.1. The second-order valence-electron chi connectivity index (χ2n) is 5.29. The van der Waals surface area contributed by atoms with Crippen LogP contribution in [0.4, 0.5) is 13.9 Å². The van der Waals surface area contributed by atoms with Crippen LogP contribution in [0.2, 0.25) is 0 Å². The van der Waals surface area contributed by atoms with Gasteiger partial charge in [-0.2, -0.15) is 0 Å². The molecule has 5 nitrogen and oxygen atoms in total. The zero-order chi connectivity index (χ0) is 18.5. The molecule has 0 atom stereocenters. The largest absolute Gasteiger partial charge is 0.347 e. The Labute approximate surface area is 151 Å². The summed E-state index contributed by atoms with van der Waals surface area (Å²) in [4.78, 5) is 28.2. The number of anilines is 1. The molecule has 0 aliphatic heterocycles. The molecule has 0 aliphatic rings. The van der Waals surface area contributed by atoms with Gasteiger partial charge in [-0.05, 0) is 23.8 Å². The van der Waals surface area contributed by atoms with E-state index in [9.17, 15) is 18.4 Å². The molecule has 26 heavy (non-hydrogen) atoms. The average Bonchev–Trinajstić information content (AvgIpc) is 3.11. The van der Waals surface area contributed by atoms with Crippen LogP contribution < -0.4 is 10.6 Å². The highest BCUT2D eigenvalue weighted by Gasteiger charge is 2.14. The molecule has 0 saturated heterocycles.